The number of aryl methyl sites for hydroxylation is 1. The third-order valence-electron chi connectivity index (χ3n) is 4.67. The van der Waals surface area contributed by atoms with Crippen LogP contribution < -0.4 is 14.8 Å². The molecule has 0 heterocycles. The summed E-state index contributed by atoms with van der Waals surface area (Å²) >= 11 is 0. The normalized spacial score (nSPS) is 12.1. The van der Waals surface area contributed by atoms with Gasteiger partial charge in [-0.1, -0.05) is 35.9 Å². The van der Waals surface area contributed by atoms with Crippen molar-refractivity contribution in [3.8, 4) is 5.75 Å². The number of carbonyl (C=O) groups is 1. The molecule has 0 unspecified atom stereocenters. The Kier molecular flexibility index (Phi) is 6.42. The van der Waals surface area contributed by atoms with Crippen molar-refractivity contribution in [2.75, 3.05) is 11.8 Å². The average molecular weight is 425 g/mol. The molecule has 0 saturated carbocycles. The molecule has 0 aromatic heterocycles. The molecule has 3 aromatic rings. The number of nitrogens with one attached hydrogen (secondary N) is 2. The Labute approximate surface area is 177 Å². The zero-order chi connectivity index (χ0) is 21.7. The van der Waals surface area contributed by atoms with Gasteiger partial charge < -0.3 is 10.1 Å². The van der Waals surface area contributed by atoms with E-state index in [1.807, 2.05) is 38.1 Å². The number of hydrogen-bond donors (Lipinski definition) is 2. The maximum absolute atomic E-state index is 12.7. The van der Waals surface area contributed by atoms with E-state index in [0.717, 1.165) is 16.9 Å². The third-order valence-corrected chi connectivity index (χ3v) is 6.07. The molecule has 0 saturated heterocycles. The highest BCUT2D eigenvalue weighted by Crippen LogP contribution is 2.20. The van der Waals surface area contributed by atoms with Gasteiger partial charge in [0.2, 0.25) is 0 Å². The van der Waals surface area contributed by atoms with Crippen LogP contribution in [0.4, 0.5) is 5.69 Å². The van der Waals surface area contributed by atoms with E-state index >= 15 is 0 Å². The van der Waals surface area contributed by atoms with Crippen LogP contribution in [0.15, 0.2) is 77.7 Å². The molecule has 0 aliphatic carbocycles. The molecule has 3 aromatic carbocycles. The number of methoxy groups -OCH3 is 1. The Bertz CT molecular complexity index is 1120. The minimum absolute atomic E-state index is 0.163. The van der Waals surface area contributed by atoms with Gasteiger partial charge in [0.05, 0.1) is 18.0 Å². The summed E-state index contributed by atoms with van der Waals surface area (Å²) in [6, 6.07) is 20.2. The molecule has 30 heavy (non-hydrogen) atoms. The first kappa shape index (κ1) is 21.4. The van der Waals surface area contributed by atoms with Crippen LogP contribution in [0.1, 0.15) is 34.5 Å². The predicted octanol–water partition coefficient (Wildman–Crippen LogP) is 4.30. The fourth-order valence-electron chi connectivity index (χ4n) is 2.91. The number of sulfonamides is 1. The lowest BCUT2D eigenvalue weighted by Crippen LogP contribution is -2.26. The van der Waals surface area contributed by atoms with Crippen molar-refractivity contribution in [3.05, 3.63) is 89.5 Å². The van der Waals surface area contributed by atoms with Crippen LogP contribution in [0.3, 0.4) is 0 Å². The summed E-state index contributed by atoms with van der Waals surface area (Å²) in [5.41, 5.74) is 2.58. The van der Waals surface area contributed by atoms with Crippen molar-refractivity contribution >= 4 is 21.6 Å². The van der Waals surface area contributed by atoms with Crippen molar-refractivity contribution in [2.45, 2.75) is 24.8 Å². The van der Waals surface area contributed by atoms with E-state index in [-0.39, 0.29) is 16.8 Å². The average Bonchev–Trinajstić information content (AvgIpc) is 2.74. The minimum atomic E-state index is -3.74. The summed E-state index contributed by atoms with van der Waals surface area (Å²) in [5, 5.41) is 2.92. The second-order valence-corrected chi connectivity index (χ2v) is 8.65. The summed E-state index contributed by atoms with van der Waals surface area (Å²) in [4.78, 5) is 12.8. The number of anilines is 1. The predicted molar refractivity (Wildman–Crippen MR) is 117 cm³/mol. The summed E-state index contributed by atoms with van der Waals surface area (Å²) in [6.07, 6.45) is 0. The first-order valence-corrected chi connectivity index (χ1v) is 10.9. The quantitative estimate of drug-likeness (QED) is 0.592. The topological polar surface area (TPSA) is 84.5 Å². The Morgan fingerprint density at radius 1 is 0.967 bits per heavy atom. The number of hydrogen-bond acceptors (Lipinski definition) is 4. The van der Waals surface area contributed by atoms with E-state index in [1.165, 1.54) is 6.07 Å². The van der Waals surface area contributed by atoms with Gasteiger partial charge in [-0.3, -0.25) is 9.52 Å². The lowest BCUT2D eigenvalue weighted by atomic mass is 10.1. The monoisotopic (exact) mass is 424 g/mol. The molecule has 7 heteroatoms. The van der Waals surface area contributed by atoms with Gasteiger partial charge in [-0.25, -0.2) is 8.42 Å². The van der Waals surface area contributed by atoms with Crippen LogP contribution in [0, 0.1) is 6.92 Å². The Morgan fingerprint density at radius 3 is 2.27 bits per heavy atom. The molecule has 156 valence electrons. The molecule has 2 N–H and O–H groups in total. The summed E-state index contributed by atoms with van der Waals surface area (Å²) in [7, 11) is -2.14. The van der Waals surface area contributed by atoms with Crippen molar-refractivity contribution < 1.29 is 17.9 Å². The largest absolute Gasteiger partial charge is 0.497 e. The highest BCUT2D eigenvalue weighted by molar-refractivity contribution is 7.92. The van der Waals surface area contributed by atoms with Crippen LogP contribution in [0.2, 0.25) is 0 Å². The van der Waals surface area contributed by atoms with E-state index in [4.69, 9.17) is 4.74 Å². The molecule has 0 aliphatic heterocycles. The van der Waals surface area contributed by atoms with E-state index in [1.54, 1.807) is 49.6 Å². The summed E-state index contributed by atoms with van der Waals surface area (Å²) in [5.74, 6) is 0.445. The first-order chi connectivity index (χ1) is 14.3. The lowest BCUT2D eigenvalue weighted by molar-refractivity contribution is 0.0940. The van der Waals surface area contributed by atoms with Gasteiger partial charge in [-0.2, -0.15) is 0 Å². The van der Waals surface area contributed by atoms with Crippen molar-refractivity contribution in [2.24, 2.45) is 0 Å². The molecular formula is C23H24N2O4S. The number of carbonyl (C=O) groups excluding carboxylic acids is 1. The fourth-order valence-corrected chi connectivity index (χ4v) is 3.96. The van der Waals surface area contributed by atoms with Crippen LogP contribution in [0.5, 0.6) is 5.75 Å². The molecule has 0 spiro atoms. The van der Waals surface area contributed by atoms with Crippen LogP contribution in [0.25, 0.3) is 0 Å². The minimum Gasteiger partial charge on any atom is -0.497 e. The van der Waals surface area contributed by atoms with Gasteiger partial charge in [0.15, 0.2) is 0 Å². The molecular weight excluding hydrogens is 400 g/mol. The standard InChI is InChI=1S/C23H24N2O4S/c1-16-7-13-22(14-8-16)30(27,28)25-20-6-4-5-19(15-20)23(26)24-17(2)18-9-11-21(29-3)12-10-18/h4-15,17,25H,1-3H3,(H,24,26)/t17-/m1/s1. The van der Waals surface area contributed by atoms with Gasteiger partial charge in [0.25, 0.3) is 15.9 Å². The molecule has 3 rings (SSSR count). The maximum Gasteiger partial charge on any atom is 0.261 e. The lowest BCUT2D eigenvalue weighted by Gasteiger charge is -2.15. The second kappa shape index (κ2) is 9.00. The zero-order valence-corrected chi connectivity index (χ0v) is 17.9. The van der Waals surface area contributed by atoms with Gasteiger partial charge >= 0.3 is 0 Å². The van der Waals surface area contributed by atoms with E-state index in [2.05, 4.69) is 10.0 Å². The van der Waals surface area contributed by atoms with Crippen LogP contribution in [-0.2, 0) is 10.0 Å². The SMILES string of the molecule is COc1ccc([C@@H](C)NC(=O)c2cccc(NS(=O)(=O)c3ccc(C)cc3)c2)cc1. The zero-order valence-electron chi connectivity index (χ0n) is 17.0. The first-order valence-electron chi connectivity index (χ1n) is 9.43. The van der Waals surface area contributed by atoms with Crippen molar-refractivity contribution in [3.63, 3.8) is 0 Å². The highest BCUT2D eigenvalue weighted by Gasteiger charge is 2.16. The molecule has 1 amide bonds. The Balaban J connectivity index is 1.72. The maximum atomic E-state index is 12.7. The number of amides is 1. The smallest absolute Gasteiger partial charge is 0.261 e. The van der Waals surface area contributed by atoms with Crippen LogP contribution >= 0.6 is 0 Å². The second-order valence-electron chi connectivity index (χ2n) is 6.97. The van der Waals surface area contributed by atoms with Gasteiger partial charge in [-0.15, -0.1) is 0 Å². The highest BCUT2D eigenvalue weighted by atomic mass is 32.2. The molecule has 0 fully saturated rings. The molecule has 0 aliphatic rings. The van der Waals surface area contributed by atoms with Gasteiger partial charge in [-0.05, 0) is 61.9 Å². The summed E-state index contributed by atoms with van der Waals surface area (Å²) in [6.45, 7) is 3.77. The van der Waals surface area contributed by atoms with E-state index in [9.17, 15) is 13.2 Å². The molecule has 1 atom stereocenters. The van der Waals surface area contributed by atoms with Crippen molar-refractivity contribution in [1.29, 1.82) is 0 Å². The molecule has 0 bridgehead atoms. The Morgan fingerprint density at radius 2 is 1.63 bits per heavy atom. The number of ether oxygens (including phenoxy) is 1. The fraction of sp³-hybridized carbons (Fsp3) is 0.174. The third kappa shape index (κ3) is 5.18. The van der Waals surface area contributed by atoms with E-state index < -0.39 is 10.0 Å². The van der Waals surface area contributed by atoms with Crippen molar-refractivity contribution in [1.82, 2.24) is 5.32 Å². The summed E-state index contributed by atoms with van der Waals surface area (Å²) < 4.78 is 32.8. The van der Waals surface area contributed by atoms with E-state index in [0.29, 0.717) is 11.3 Å². The van der Waals surface area contributed by atoms with Crippen LogP contribution in [-0.4, -0.2) is 21.4 Å². The Hall–Kier alpha value is -3.32. The number of benzene rings is 3. The van der Waals surface area contributed by atoms with Gasteiger partial charge in [0.1, 0.15) is 5.75 Å². The molecule has 0 radical (unpaired) electrons. The number of rotatable bonds is 7. The molecule has 6 nitrogen and oxygen atoms in total. The van der Waals surface area contributed by atoms with Gasteiger partial charge in [0, 0.05) is 11.3 Å².